The molecule has 0 radical (unpaired) electrons. The monoisotopic (exact) mass is 283 g/mol. The Hall–Kier alpha value is -0.870. The van der Waals surface area contributed by atoms with E-state index < -0.39 is 0 Å². The van der Waals surface area contributed by atoms with Crippen LogP contribution in [0.25, 0.3) is 0 Å². The second-order valence-corrected chi connectivity index (χ2v) is 5.20. The Labute approximate surface area is 120 Å². The quantitative estimate of drug-likeness (QED) is 0.742. The molecule has 0 aliphatic heterocycles. The molecule has 0 fully saturated rings. The van der Waals surface area contributed by atoms with Gasteiger partial charge < -0.3 is 15.2 Å². The highest BCUT2D eigenvalue weighted by molar-refractivity contribution is 7.98. The van der Waals surface area contributed by atoms with Crippen LogP contribution in [0.5, 0.6) is 11.5 Å². The van der Waals surface area contributed by atoms with Crippen LogP contribution in [0.3, 0.4) is 0 Å². The number of hydrogen-bond donors (Lipinski definition) is 1. The average molecular weight is 283 g/mol. The number of rotatable bonds is 8. The van der Waals surface area contributed by atoms with Crippen molar-refractivity contribution in [2.24, 2.45) is 5.73 Å². The number of thioether (sulfide) groups is 1. The van der Waals surface area contributed by atoms with Crippen LogP contribution in [-0.4, -0.2) is 25.5 Å². The van der Waals surface area contributed by atoms with E-state index in [2.05, 4.69) is 19.1 Å². The summed E-state index contributed by atoms with van der Waals surface area (Å²) in [4.78, 5) is 1.11. The second kappa shape index (κ2) is 8.33. The zero-order valence-electron chi connectivity index (χ0n) is 12.4. The summed E-state index contributed by atoms with van der Waals surface area (Å²) in [6.45, 7) is 7.43. The summed E-state index contributed by atoms with van der Waals surface area (Å²) in [5.41, 5.74) is 7.20. The zero-order valence-corrected chi connectivity index (χ0v) is 13.2. The molecule has 1 unspecified atom stereocenters. The molecule has 0 saturated carbocycles. The van der Waals surface area contributed by atoms with Gasteiger partial charge in [0, 0.05) is 6.04 Å². The Morgan fingerprint density at radius 2 is 1.74 bits per heavy atom. The normalized spacial score (nSPS) is 12.3. The maximum absolute atomic E-state index is 6.06. The third-order valence-electron chi connectivity index (χ3n) is 2.95. The largest absolute Gasteiger partial charge is 0.494 e. The molecular formula is C15H25NO2S. The molecule has 0 bridgehead atoms. The molecule has 0 aromatic heterocycles. The van der Waals surface area contributed by atoms with Gasteiger partial charge in [0.15, 0.2) is 0 Å². The summed E-state index contributed by atoms with van der Waals surface area (Å²) in [7, 11) is 0. The van der Waals surface area contributed by atoms with Gasteiger partial charge in [0.05, 0.1) is 18.1 Å². The number of benzene rings is 1. The minimum Gasteiger partial charge on any atom is -0.494 e. The van der Waals surface area contributed by atoms with Gasteiger partial charge in [-0.05, 0) is 50.6 Å². The maximum Gasteiger partial charge on any atom is 0.133 e. The average Bonchev–Trinajstić information content (AvgIpc) is 2.41. The van der Waals surface area contributed by atoms with Crippen LogP contribution in [0.4, 0.5) is 0 Å². The molecule has 3 nitrogen and oxygen atoms in total. The van der Waals surface area contributed by atoms with E-state index in [1.165, 1.54) is 0 Å². The van der Waals surface area contributed by atoms with E-state index in [-0.39, 0.29) is 6.04 Å². The van der Waals surface area contributed by atoms with Crippen LogP contribution in [0, 0.1) is 0 Å². The fourth-order valence-corrected chi connectivity index (χ4v) is 2.43. The highest BCUT2D eigenvalue weighted by atomic mass is 32.2. The third kappa shape index (κ3) is 4.62. The Morgan fingerprint density at radius 1 is 1.11 bits per heavy atom. The standard InChI is InChI=1S/C15H25NO2S/c1-5-12(16)8-11-9-14(18-7-3)15(19-4)10-13(11)17-6-2/h9-10,12H,5-8,16H2,1-4H3. The zero-order chi connectivity index (χ0) is 14.3. The first-order chi connectivity index (χ1) is 9.15. The minimum absolute atomic E-state index is 0.161. The van der Waals surface area contributed by atoms with Gasteiger partial charge in [-0.2, -0.15) is 0 Å². The maximum atomic E-state index is 6.06. The predicted octanol–water partition coefficient (Wildman–Crippen LogP) is 3.49. The lowest BCUT2D eigenvalue weighted by Crippen LogP contribution is -2.21. The lowest BCUT2D eigenvalue weighted by molar-refractivity contribution is 0.320. The van der Waals surface area contributed by atoms with E-state index in [0.29, 0.717) is 13.2 Å². The van der Waals surface area contributed by atoms with E-state index >= 15 is 0 Å². The summed E-state index contributed by atoms with van der Waals surface area (Å²) >= 11 is 1.67. The van der Waals surface area contributed by atoms with Crippen molar-refractivity contribution in [1.82, 2.24) is 0 Å². The Kier molecular flexibility index (Phi) is 7.10. The molecule has 0 heterocycles. The highest BCUT2D eigenvalue weighted by Gasteiger charge is 2.13. The molecule has 0 saturated heterocycles. The van der Waals surface area contributed by atoms with Gasteiger partial charge in [0.25, 0.3) is 0 Å². The molecule has 1 aromatic rings. The van der Waals surface area contributed by atoms with Crippen molar-refractivity contribution in [3.63, 3.8) is 0 Å². The van der Waals surface area contributed by atoms with Gasteiger partial charge in [0.1, 0.15) is 11.5 Å². The van der Waals surface area contributed by atoms with Crippen LogP contribution in [0.2, 0.25) is 0 Å². The lowest BCUT2D eigenvalue weighted by atomic mass is 10.0. The molecule has 0 amide bonds. The smallest absolute Gasteiger partial charge is 0.133 e. The molecule has 19 heavy (non-hydrogen) atoms. The summed E-state index contributed by atoms with van der Waals surface area (Å²) < 4.78 is 11.4. The van der Waals surface area contributed by atoms with Crippen molar-refractivity contribution in [2.75, 3.05) is 19.5 Å². The van der Waals surface area contributed by atoms with Gasteiger partial charge in [-0.3, -0.25) is 0 Å². The van der Waals surface area contributed by atoms with Gasteiger partial charge in [0.2, 0.25) is 0 Å². The van der Waals surface area contributed by atoms with Gasteiger partial charge in [-0.1, -0.05) is 6.92 Å². The lowest BCUT2D eigenvalue weighted by Gasteiger charge is -2.17. The van der Waals surface area contributed by atoms with E-state index in [9.17, 15) is 0 Å². The first kappa shape index (κ1) is 16.2. The van der Waals surface area contributed by atoms with Crippen molar-refractivity contribution in [1.29, 1.82) is 0 Å². The van der Waals surface area contributed by atoms with Crippen molar-refractivity contribution in [3.8, 4) is 11.5 Å². The van der Waals surface area contributed by atoms with E-state index in [1.807, 2.05) is 20.1 Å². The minimum atomic E-state index is 0.161. The second-order valence-electron chi connectivity index (χ2n) is 4.35. The van der Waals surface area contributed by atoms with E-state index in [0.717, 1.165) is 34.8 Å². The molecule has 0 spiro atoms. The molecule has 1 rings (SSSR count). The Morgan fingerprint density at radius 3 is 2.26 bits per heavy atom. The van der Waals surface area contributed by atoms with Crippen molar-refractivity contribution in [2.45, 2.75) is 44.6 Å². The number of nitrogens with two attached hydrogens (primary N) is 1. The molecular weight excluding hydrogens is 258 g/mol. The molecule has 1 atom stereocenters. The molecule has 108 valence electrons. The van der Waals surface area contributed by atoms with E-state index in [4.69, 9.17) is 15.2 Å². The van der Waals surface area contributed by atoms with Crippen LogP contribution in [-0.2, 0) is 6.42 Å². The van der Waals surface area contributed by atoms with Crippen LogP contribution in [0.15, 0.2) is 17.0 Å². The summed E-state index contributed by atoms with van der Waals surface area (Å²) in [5, 5.41) is 0. The topological polar surface area (TPSA) is 44.5 Å². The highest BCUT2D eigenvalue weighted by Crippen LogP contribution is 2.35. The fourth-order valence-electron chi connectivity index (χ4n) is 1.89. The molecule has 0 aliphatic carbocycles. The van der Waals surface area contributed by atoms with Gasteiger partial charge in [-0.15, -0.1) is 11.8 Å². The number of hydrogen-bond acceptors (Lipinski definition) is 4. The summed E-state index contributed by atoms with van der Waals surface area (Å²) in [6, 6.07) is 4.31. The first-order valence-electron chi connectivity index (χ1n) is 6.88. The van der Waals surface area contributed by atoms with Crippen LogP contribution < -0.4 is 15.2 Å². The SMILES string of the molecule is CCOc1cc(SC)c(OCC)cc1CC(N)CC. The Balaban J connectivity index is 3.12. The van der Waals surface area contributed by atoms with E-state index in [1.54, 1.807) is 11.8 Å². The molecule has 4 heteroatoms. The molecule has 1 aromatic carbocycles. The summed E-state index contributed by atoms with van der Waals surface area (Å²) in [6.07, 6.45) is 3.82. The van der Waals surface area contributed by atoms with Gasteiger partial charge in [-0.25, -0.2) is 0 Å². The van der Waals surface area contributed by atoms with Gasteiger partial charge >= 0.3 is 0 Å². The third-order valence-corrected chi connectivity index (χ3v) is 3.71. The predicted molar refractivity (Wildman–Crippen MR) is 82.5 cm³/mol. The first-order valence-corrected chi connectivity index (χ1v) is 8.10. The van der Waals surface area contributed by atoms with Crippen LogP contribution in [0.1, 0.15) is 32.8 Å². The van der Waals surface area contributed by atoms with Crippen LogP contribution >= 0.6 is 11.8 Å². The molecule has 0 aliphatic rings. The number of ether oxygens (including phenoxy) is 2. The van der Waals surface area contributed by atoms with Crippen molar-refractivity contribution in [3.05, 3.63) is 17.7 Å². The van der Waals surface area contributed by atoms with Crippen molar-refractivity contribution >= 4 is 11.8 Å². The Bertz CT molecular complexity index is 396. The fraction of sp³-hybridized carbons (Fsp3) is 0.600. The van der Waals surface area contributed by atoms with Crippen molar-refractivity contribution < 1.29 is 9.47 Å². The molecule has 2 N–H and O–H groups in total. The summed E-state index contributed by atoms with van der Waals surface area (Å²) in [5.74, 6) is 1.86.